The average molecular weight is 470 g/mol. The Kier molecular flexibility index (Phi) is 6.95. The van der Waals surface area contributed by atoms with Crippen molar-refractivity contribution in [1.29, 1.82) is 0 Å². The van der Waals surface area contributed by atoms with Crippen LogP contribution < -0.4 is 10.9 Å². The summed E-state index contributed by atoms with van der Waals surface area (Å²) < 4.78 is 15.3. The molecule has 1 saturated carbocycles. The van der Waals surface area contributed by atoms with E-state index in [1.165, 1.54) is 17.0 Å². The van der Waals surface area contributed by atoms with Gasteiger partial charge in [0.1, 0.15) is 12.2 Å². The normalized spacial score (nSPS) is 19.7. The zero-order chi connectivity index (χ0) is 24.2. The number of imide groups is 1. The SMILES string of the molecule is CCOC(=O)Nc1ccc2c(COC(=O)CCN3C(=O)[C@H]4CCCC[C@H]4C3=O)cc(=O)oc2c1. The third-order valence-electron chi connectivity index (χ3n) is 6.21. The van der Waals surface area contributed by atoms with Crippen LogP contribution in [0.15, 0.2) is 33.5 Å². The van der Waals surface area contributed by atoms with Gasteiger partial charge in [-0.25, -0.2) is 9.59 Å². The van der Waals surface area contributed by atoms with Gasteiger partial charge in [-0.1, -0.05) is 12.8 Å². The summed E-state index contributed by atoms with van der Waals surface area (Å²) in [7, 11) is 0. The summed E-state index contributed by atoms with van der Waals surface area (Å²) in [6, 6.07) is 5.94. The maximum atomic E-state index is 12.5. The van der Waals surface area contributed by atoms with Crippen LogP contribution in [-0.4, -0.2) is 41.9 Å². The monoisotopic (exact) mass is 470 g/mol. The number of rotatable bonds is 7. The number of ether oxygens (including phenoxy) is 2. The molecule has 1 aromatic heterocycles. The average Bonchev–Trinajstić information content (AvgIpc) is 3.05. The molecule has 10 heteroatoms. The topological polar surface area (TPSA) is 132 Å². The van der Waals surface area contributed by atoms with Gasteiger partial charge in [0.15, 0.2) is 0 Å². The molecule has 3 amide bonds. The van der Waals surface area contributed by atoms with Crippen molar-refractivity contribution in [3.8, 4) is 0 Å². The van der Waals surface area contributed by atoms with E-state index < -0.39 is 17.7 Å². The minimum absolute atomic E-state index is 0.00986. The lowest BCUT2D eigenvalue weighted by Crippen LogP contribution is -2.33. The number of anilines is 1. The highest BCUT2D eigenvalue weighted by molar-refractivity contribution is 6.05. The van der Waals surface area contributed by atoms with Gasteiger partial charge in [-0.15, -0.1) is 0 Å². The molecular formula is C24H26N2O8. The Balaban J connectivity index is 1.37. The van der Waals surface area contributed by atoms with Crippen LogP contribution in [0, 0.1) is 11.8 Å². The molecule has 34 heavy (non-hydrogen) atoms. The van der Waals surface area contributed by atoms with Crippen molar-refractivity contribution in [2.45, 2.75) is 45.6 Å². The van der Waals surface area contributed by atoms with Gasteiger partial charge in [0, 0.05) is 35.3 Å². The van der Waals surface area contributed by atoms with Gasteiger partial charge in [0.05, 0.1) is 24.9 Å². The Bertz CT molecular complexity index is 1160. The Morgan fingerprint density at radius 2 is 1.76 bits per heavy atom. The summed E-state index contributed by atoms with van der Waals surface area (Å²) in [5.74, 6) is -1.48. The summed E-state index contributed by atoms with van der Waals surface area (Å²) in [5.41, 5.74) is 0.386. The van der Waals surface area contributed by atoms with Crippen molar-refractivity contribution >= 4 is 40.5 Å². The van der Waals surface area contributed by atoms with Crippen LogP contribution in [0.1, 0.15) is 44.6 Å². The molecule has 2 atom stereocenters. The highest BCUT2D eigenvalue weighted by Gasteiger charge is 2.47. The van der Waals surface area contributed by atoms with E-state index in [-0.39, 0.29) is 55.4 Å². The molecule has 0 radical (unpaired) electrons. The smallest absolute Gasteiger partial charge is 0.411 e. The third-order valence-corrected chi connectivity index (χ3v) is 6.21. The first-order valence-electron chi connectivity index (χ1n) is 11.4. The molecule has 10 nitrogen and oxygen atoms in total. The van der Waals surface area contributed by atoms with Gasteiger partial charge in [-0.2, -0.15) is 0 Å². The highest BCUT2D eigenvalue weighted by atomic mass is 16.5. The fourth-order valence-electron chi connectivity index (χ4n) is 4.60. The summed E-state index contributed by atoms with van der Waals surface area (Å²) >= 11 is 0. The summed E-state index contributed by atoms with van der Waals surface area (Å²) in [6.07, 6.45) is 2.56. The number of nitrogens with one attached hydrogen (secondary N) is 1. The fourth-order valence-corrected chi connectivity index (χ4v) is 4.60. The van der Waals surface area contributed by atoms with Crippen molar-refractivity contribution in [3.05, 3.63) is 40.2 Å². The molecule has 1 aliphatic carbocycles. The number of amides is 3. The standard InChI is InChI=1S/C24H26N2O8/c1-2-32-24(31)25-15-7-8-16-14(11-21(28)34-19(16)12-15)13-33-20(27)9-10-26-22(29)17-5-3-4-6-18(17)23(26)30/h7-8,11-12,17-18H,2-6,9-10,13H2,1H3,(H,25,31)/t17-,18+. The van der Waals surface area contributed by atoms with Crippen LogP contribution >= 0.6 is 0 Å². The van der Waals surface area contributed by atoms with Crippen molar-refractivity contribution in [1.82, 2.24) is 4.90 Å². The van der Waals surface area contributed by atoms with Crippen LogP contribution in [0.5, 0.6) is 0 Å². The molecule has 2 heterocycles. The quantitative estimate of drug-likeness (QED) is 0.371. The molecule has 1 saturated heterocycles. The van der Waals surface area contributed by atoms with Gasteiger partial charge >= 0.3 is 17.7 Å². The largest absolute Gasteiger partial charge is 0.461 e. The zero-order valence-electron chi connectivity index (χ0n) is 18.8. The second-order valence-electron chi connectivity index (χ2n) is 8.38. The first-order valence-corrected chi connectivity index (χ1v) is 11.4. The molecule has 0 bridgehead atoms. The maximum absolute atomic E-state index is 12.5. The van der Waals surface area contributed by atoms with Crippen molar-refractivity contribution < 1.29 is 33.1 Å². The number of nitrogens with zero attached hydrogens (tertiary/aromatic N) is 1. The van der Waals surface area contributed by atoms with Gasteiger partial charge in [0.2, 0.25) is 11.8 Å². The lowest BCUT2D eigenvalue weighted by atomic mass is 9.81. The van der Waals surface area contributed by atoms with Crippen LogP contribution in [0.2, 0.25) is 0 Å². The minimum atomic E-state index is -0.636. The van der Waals surface area contributed by atoms with E-state index >= 15 is 0 Å². The molecule has 2 fully saturated rings. The molecule has 180 valence electrons. The van der Waals surface area contributed by atoms with E-state index in [0.717, 1.165) is 25.7 Å². The lowest BCUT2D eigenvalue weighted by molar-refractivity contribution is -0.146. The molecular weight excluding hydrogens is 444 g/mol. The Hall–Kier alpha value is -3.69. The zero-order valence-corrected chi connectivity index (χ0v) is 18.8. The number of fused-ring (bicyclic) bond motifs is 2. The van der Waals surface area contributed by atoms with E-state index in [0.29, 0.717) is 16.6 Å². The Labute approximate surface area is 195 Å². The number of hydrogen-bond acceptors (Lipinski definition) is 8. The van der Waals surface area contributed by atoms with Crippen molar-refractivity contribution in [2.24, 2.45) is 11.8 Å². The highest BCUT2D eigenvalue weighted by Crippen LogP contribution is 2.38. The van der Waals surface area contributed by atoms with Gasteiger partial charge < -0.3 is 13.9 Å². The second kappa shape index (κ2) is 10.1. The Morgan fingerprint density at radius 1 is 1.06 bits per heavy atom. The lowest BCUT2D eigenvalue weighted by Gasteiger charge is -2.19. The van der Waals surface area contributed by atoms with Gasteiger partial charge in [-0.3, -0.25) is 24.6 Å². The molecule has 4 rings (SSSR count). The number of likely N-dealkylation sites (tertiary alicyclic amines) is 1. The Morgan fingerprint density at radius 3 is 2.44 bits per heavy atom. The number of carbonyl (C=O) groups is 4. The predicted molar refractivity (Wildman–Crippen MR) is 120 cm³/mol. The van der Waals surface area contributed by atoms with E-state index in [2.05, 4.69) is 5.32 Å². The van der Waals surface area contributed by atoms with Crippen molar-refractivity contribution in [3.63, 3.8) is 0 Å². The molecule has 2 aromatic rings. The minimum Gasteiger partial charge on any atom is -0.461 e. The van der Waals surface area contributed by atoms with Crippen LogP contribution in [0.3, 0.4) is 0 Å². The summed E-state index contributed by atoms with van der Waals surface area (Å²) in [5, 5.41) is 3.06. The number of carbonyl (C=O) groups excluding carboxylic acids is 4. The molecule has 1 aromatic carbocycles. The van der Waals surface area contributed by atoms with E-state index in [1.54, 1.807) is 19.1 Å². The van der Waals surface area contributed by atoms with E-state index in [9.17, 15) is 24.0 Å². The van der Waals surface area contributed by atoms with Gasteiger partial charge in [-0.05, 0) is 31.9 Å². The molecule has 0 unspecified atom stereocenters. The summed E-state index contributed by atoms with van der Waals surface area (Å²) in [4.78, 5) is 62.2. The predicted octanol–water partition coefficient (Wildman–Crippen LogP) is 2.97. The molecule has 0 spiro atoms. The molecule has 1 N–H and O–H groups in total. The first-order chi connectivity index (χ1) is 16.4. The number of benzene rings is 1. The second-order valence-corrected chi connectivity index (χ2v) is 8.38. The fraction of sp³-hybridized carbons (Fsp3) is 0.458. The van der Waals surface area contributed by atoms with Crippen molar-refractivity contribution in [2.75, 3.05) is 18.5 Å². The maximum Gasteiger partial charge on any atom is 0.411 e. The number of hydrogen-bond donors (Lipinski definition) is 1. The molecule has 2 aliphatic rings. The summed E-state index contributed by atoms with van der Waals surface area (Å²) in [6.45, 7) is 1.70. The first kappa shape index (κ1) is 23.5. The number of esters is 1. The third kappa shape index (κ3) is 4.95. The van der Waals surface area contributed by atoms with Crippen LogP contribution in [-0.2, 0) is 30.5 Å². The van der Waals surface area contributed by atoms with Gasteiger partial charge in [0.25, 0.3) is 0 Å². The van der Waals surface area contributed by atoms with E-state index in [4.69, 9.17) is 13.9 Å². The van der Waals surface area contributed by atoms with Crippen LogP contribution in [0.25, 0.3) is 11.0 Å². The molecule has 1 aliphatic heterocycles. The van der Waals surface area contributed by atoms with Crippen LogP contribution in [0.4, 0.5) is 10.5 Å². The van der Waals surface area contributed by atoms with E-state index in [1.807, 2.05) is 0 Å².